The second kappa shape index (κ2) is 7.73. The van der Waals surface area contributed by atoms with Crippen LogP contribution in [0.3, 0.4) is 0 Å². The number of nitrogens with one attached hydrogen (secondary N) is 1. The van der Waals surface area contributed by atoms with Crippen molar-refractivity contribution in [2.45, 2.75) is 45.6 Å². The van der Waals surface area contributed by atoms with Gasteiger partial charge in [0, 0.05) is 12.2 Å². The molecule has 5 heteroatoms. The zero-order chi connectivity index (χ0) is 15.5. The molecular weight excluding hydrogens is 312 g/mol. The van der Waals surface area contributed by atoms with E-state index in [1.54, 1.807) is 0 Å². The smallest absolute Gasteiger partial charge is 0.328 e. The van der Waals surface area contributed by atoms with Gasteiger partial charge >= 0.3 is 5.97 Å². The number of allylic oxidation sites excluding steroid dienone is 1. The van der Waals surface area contributed by atoms with Crippen LogP contribution in [-0.2, 0) is 16.0 Å². The van der Waals surface area contributed by atoms with Crippen molar-refractivity contribution in [1.82, 2.24) is 5.32 Å². The van der Waals surface area contributed by atoms with Gasteiger partial charge in [-0.1, -0.05) is 18.2 Å². The summed E-state index contributed by atoms with van der Waals surface area (Å²) >= 11 is 0. The van der Waals surface area contributed by atoms with E-state index >= 15 is 0 Å². The number of halogens is 1. The summed E-state index contributed by atoms with van der Waals surface area (Å²) in [4.78, 5) is 14.4. The van der Waals surface area contributed by atoms with E-state index in [4.69, 9.17) is 4.74 Å². The highest BCUT2D eigenvalue weighted by Gasteiger charge is 2.30. The van der Waals surface area contributed by atoms with Crippen LogP contribution < -0.4 is 10.2 Å². The van der Waals surface area contributed by atoms with E-state index in [1.165, 1.54) is 16.8 Å². The van der Waals surface area contributed by atoms with Crippen LogP contribution in [0.25, 0.3) is 0 Å². The van der Waals surface area contributed by atoms with Crippen molar-refractivity contribution < 1.29 is 9.53 Å². The Labute approximate surface area is 144 Å². The van der Waals surface area contributed by atoms with E-state index in [9.17, 15) is 4.79 Å². The number of esters is 1. The lowest BCUT2D eigenvalue weighted by Gasteiger charge is -2.35. The fraction of sp³-hybridized carbons (Fsp3) is 0.500. The summed E-state index contributed by atoms with van der Waals surface area (Å²) in [5.41, 5.74) is 4.03. The van der Waals surface area contributed by atoms with Gasteiger partial charge in [-0.25, -0.2) is 4.79 Å². The number of hydrogen-bond donors (Lipinski definition) is 1. The van der Waals surface area contributed by atoms with E-state index in [0.29, 0.717) is 6.61 Å². The molecule has 0 fully saturated rings. The van der Waals surface area contributed by atoms with Crippen molar-refractivity contribution in [2.24, 2.45) is 0 Å². The molecule has 3 rings (SSSR count). The predicted molar refractivity (Wildman–Crippen MR) is 94.8 cm³/mol. The summed E-state index contributed by atoms with van der Waals surface area (Å²) in [5.74, 6) is 0.989. The quantitative estimate of drug-likeness (QED) is 0.859. The maximum absolute atomic E-state index is 12.1. The molecule has 1 unspecified atom stereocenters. The van der Waals surface area contributed by atoms with Crippen molar-refractivity contribution in [3.8, 4) is 0 Å². The SMILES string of the molecule is CCOC(=O)C1CCCC2=C(N1)N(CC)c1ccccc1C2.Cl. The van der Waals surface area contributed by atoms with Crippen LogP contribution in [0.5, 0.6) is 0 Å². The Morgan fingerprint density at radius 2 is 2.13 bits per heavy atom. The van der Waals surface area contributed by atoms with Crippen LogP contribution in [0, 0.1) is 0 Å². The Kier molecular flexibility index (Phi) is 5.94. The third-order valence-electron chi connectivity index (χ3n) is 4.46. The maximum Gasteiger partial charge on any atom is 0.328 e. The van der Waals surface area contributed by atoms with Crippen LogP contribution >= 0.6 is 12.4 Å². The summed E-state index contributed by atoms with van der Waals surface area (Å²) in [6.45, 7) is 5.33. The molecule has 0 radical (unpaired) electrons. The molecule has 23 heavy (non-hydrogen) atoms. The second-order valence-electron chi connectivity index (χ2n) is 5.84. The molecule has 0 aromatic heterocycles. The summed E-state index contributed by atoms with van der Waals surface area (Å²) < 4.78 is 5.21. The van der Waals surface area contributed by atoms with E-state index in [-0.39, 0.29) is 24.4 Å². The van der Waals surface area contributed by atoms with E-state index in [0.717, 1.165) is 38.0 Å². The van der Waals surface area contributed by atoms with Crippen molar-refractivity contribution in [3.63, 3.8) is 0 Å². The number of hydrogen-bond acceptors (Lipinski definition) is 4. The van der Waals surface area contributed by atoms with Crippen LogP contribution in [0.2, 0.25) is 0 Å². The molecule has 0 saturated heterocycles. The predicted octanol–water partition coefficient (Wildman–Crippen LogP) is 3.41. The molecule has 2 aliphatic rings. The minimum absolute atomic E-state index is 0. The van der Waals surface area contributed by atoms with Crippen LogP contribution in [0.15, 0.2) is 35.7 Å². The number of anilines is 1. The topological polar surface area (TPSA) is 41.6 Å². The first-order valence-corrected chi connectivity index (χ1v) is 8.25. The Bertz CT molecular complexity index is 600. The number of carbonyl (C=O) groups is 1. The van der Waals surface area contributed by atoms with E-state index in [1.807, 2.05) is 6.92 Å². The zero-order valence-corrected chi connectivity index (χ0v) is 14.6. The summed E-state index contributed by atoms with van der Waals surface area (Å²) in [5, 5.41) is 3.48. The third kappa shape index (κ3) is 3.47. The molecular formula is C18H25ClN2O2. The molecule has 1 atom stereocenters. The lowest BCUT2D eigenvalue weighted by molar-refractivity contribution is -0.145. The number of rotatable bonds is 3. The Morgan fingerprint density at radius 1 is 1.35 bits per heavy atom. The Balaban J connectivity index is 0.00000192. The molecule has 1 aromatic carbocycles. The van der Waals surface area contributed by atoms with E-state index in [2.05, 4.69) is 41.4 Å². The summed E-state index contributed by atoms with van der Waals surface area (Å²) in [6, 6.07) is 8.31. The number of carbonyl (C=O) groups excluding carboxylic acids is 1. The van der Waals surface area contributed by atoms with E-state index < -0.39 is 0 Å². The van der Waals surface area contributed by atoms with Gasteiger partial charge < -0.3 is 15.0 Å². The summed E-state index contributed by atoms with van der Waals surface area (Å²) in [6.07, 6.45) is 3.88. The van der Waals surface area contributed by atoms with Gasteiger partial charge in [-0.2, -0.15) is 0 Å². The first-order chi connectivity index (χ1) is 10.7. The number of fused-ring (bicyclic) bond motifs is 1. The van der Waals surface area contributed by atoms with Gasteiger partial charge in [0.15, 0.2) is 0 Å². The van der Waals surface area contributed by atoms with Crippen molar-refractivity contribution >= 4 is 24.1 Å². The van der Waals surface area contributed by atoms with Crippen LogP contribution in [-0.4, -0.2) is 25.2 Å². The Morgan fingerprint density at radius 3 is 2.87 bits per heavy atom. The number of ether oxygens (including phenoxy) is 1. The molecule has 0 bridgehead atoms. The van der Waals surface area contributed by atoms with Crippen molar-refractivity contribution in [1.29, 1.82) is 0 Å². The average Bonchev–Trinajstić information content (AvgIpc) is 2.75. The highest BCUT2D eigenvalue weighted by molar-refractivity contribution is 5.85. The highest BCUT2D eigenvalue weighted by Crippen LogP contribution is 2.35. The average molecular weight is 337 g/mol. The van der Waals surface area contributed by atoms with Gasteiger partial charge in [0.2, 0.25) is 0 Å². The minimum atomic E-state index is -0.230. The standard InChI is InChI=1S/C18H24N2O2.ClH/c1-3-20-16-11-6-5-8-13(16)12-14-9-7-10-15(19-17(14)20)18(21)22-4-2;/h5-6,8,11,15,19H,3-4,7,9-10,12H2,1-2H3;1H. The van der Waals surface area contributed by atoms with Gasteiger partial charge in [-0.05, 0) is 56.7 Å². The van der Waals surface area contributed by atoms with Gasteiger partial charge in [0.1, 0.15) is 11.9 Å². The molecule has 2 aliphatic heterocycles. The van der Waals surface area contributed by atoms with Crippen LogP contribution in [0.1, 0.15) is 38.7 Å². The first-order valence-electron chi connectivity index (χ1n) is 8.25. The molecule has 0 aliphatic carbocycles. The number of nitrogens with zero attached hydrogens (tertiary/aromatic N) is 1. The zero-order valence-electron chi connectivity index (χ0n) is 13.8. The molecule has 1 aromatic rings. The third-order valence-corrected chi connectivity index (χ3v) is 4.46. The second-order valence-corrected chi connectivity index (χ2v) is 5.84. The maximum atomic E-state index is 12.1. The normalized spacial score (nSPS) is 19.7. The van der Waals surface area contributed by atoms with Crippen molar-refractivity contribution in [3.05, 3.63) is 41.2 Å². The lowest BCUT2D eigenvalue weighted by Crippen LogP contribution is -2.44. The Hall–Kier alpha value is -1.68. The van der Waals surface area contributed by atoms with Gasteiger partial charge in [0.25, 0.3) is 0 Å². The monoisotopic (exact) mass is 336 g/mol. The largest absolute Gasteiger partial charge is 0.464 e. The molecule has 126 valence electrons. The molecule has 0 amide bonds. The fourth-order valence-corrected chi connectivity index (χ4v) is 3.44. The van der Waals surface area contributed by atoms with Crippen molar-refractivity contribution in [2.75, 3.05) is 18.1 Å². The van der Waals surface area contributed by atoms with Gasteiger partial charge in [0.05, 0.1) is 6.61 Å². The molecule has 0 spiro atoms. The molecule has 4 nitrogen and oxygen atoms in total. The lowest BCUT2D eigenvalue weighted by atomic mass is 9.95. The number of benzene rings is 1. The molecule has 0 saturated carbocycles. The van der Waals surface area contributed by atoms with Crippen LogP contribution in [0.4, 0.5) is 5.69 Å². The number of para-hydroxylation sites is 1. The summed E-state index contributed by atoms with van der Waals surface area (Å²) in [7, 11) is 0. The fourth-order valence-electron chi connectivity index (χ4n) is 3.44. The first kappa shape index (κ1) is 17.7. The van der Waals surface area contributed by atoms with Gasteiger partial charge in [-0.15, -0.1) is 12.4 Å². The van der Waals surface area contributed by atoms with Gasteiger partial charge in [-0.3, -0.25) is 0 Å². The highest BCUT2D eigenvalue weighted by atomic mass is 35.5. The molecule has 2 heterocycles. The minimum Gasteiger partial charge on any atom is -0.464 e. The molecule has 1 N–H and O–H groups in total.